The quantitative estimate of drug-likeness (QED) is 0.0265. The number of carbonyl (C=O) groups excluding carboxylic acids is 2. The first-order valence-electron chi connectivity index (χ1n) is 24.8. The molecule has 6 rings (SSSR count). The number of hydrogen-bond donors (Lipinski definition) is 0. The fourth-order valence-corrected chi connectivity index (χ4v) is 8.08. The van der Waals surface area contributed by atoms with Gasteiger partial charge in [0, 0.05) is 0 Å². The molecule has 66 heavy (non-hydrogen) atoms. The van der Waals surface area contributed by atoms with Crippen LogP contribution in [0.25, 0.3) is 33.4 Å². The van der Waals surface area contributed by atoms with Gasteiger partial charge in [0.05, 0.1) is 24.3 Å². The van der Waals surface area contributed by atoms with Crippen molar-refractivity contribution in [3.8, 4) is 56.4 Å². The zero-order valence-corrected chi connectivity index (χ0v) is 39.4. The Kier molecular flexibility index (Phi) is 20.9. The molecule has 0 aliphatic carbocycles. The van der Waals surface area contributed by atoms with E-state index in [0.29, 0.717) is 22.6 Å². The lowest BCUT2D eigenvalue weighted by Crippen LogP contribution is -2.08. The third-order valence-corrected chi connectivity index (χ3v) is 12.1. The second-order valence-electron chi connectivity index (χ2n) is 17.4. The van der Waals surface area contributed by atoms with Crippen molar-refractivity contribution in [3.63, 3.8) is 0 Å². The van der Waals surface area contributed by atoms with Crippen molar-refractivity contribution in [1.29, 1.82) is 0 Å². The number of esters is 2. The molecule has 6 nitrogen and oxygen atoms in total. The predicted octanol–water partition coefficient (Wildman–Crippen LogP) is 16.9. The monoisotopic (exact) mass is 887 g/mol. The first-order chi connectivity index (χ1) is 32.5. The maximum absolute atomic E-state index is 13.2. The van der Waals surface area contributed by atoms with E-state index >= 15 is 0 Å². The molecule has 0 aromatic heterocycles. The van der Waals surface area contributed by atoms with Crippen LogP contribution in [0.15, 0.2) is 146 Å². The van der Waals surface area contributed by atoms with Crippen LogP contribution in [-0.2, 0) is 0 Å². The largest absolute Gasteiger partial charge is 0.494 e. The molecule has 0 N–H and O–H groups in total. The van der Waals surface area contributed by atoms with E-state index in [2.05, 4.69) is 38.1 Å². The topological polar surface area (TPSA) is 71.1 Å². The summed E-state index contributed by atoms with van der Waals surface area (Å²) in [4.78, 5) is 26.2. The van der Waals surface area contributed by atoms with Crippen LogP contribution in [0.4, 0.5) is 0 Å². The summed E-state index contributed by atoms with van der Waals surface area (Å²) in [7, 11) is 0. The number of rotatable bonds is 29. The average molecular weight is 887 g/mol. The highest BCUT2D eigenvalue weighted by atomic mass is 16.5. The van der Waals surface area contributed by atoms with Gasteiger partial charge in [-0.3, -0.25) is 0 Å². The predicted molar refractivity (Wildman–Crippen MR) is 271 cm³/mol. The van der Waals surface area contributed by atoms with Gasteiger partial charge in [0.15, 0.2) is 0 Å². The van der Waals surface area contributed by atoms with Crippen LogP contribution >= 0.6 is 0 Å². The Hall–Kier alpha value is -6.14. The van der Waals surface area contributed by atoms with Gasteiger partial charge in [-0.2, -0.15) is 0 Å². The van der Waals surface area contributed by atoms with Crippen molar-refractivity contribution in [2.75, 3.05) is 13.2 Å². The van der Waals surface area contributed by atoms with Gasteiger partial charge in [0.2, 0.25) is 0 Å². The summed E-state index contributed by atoms with van der Waals surface area (Å²) in [6, 6.07) is 45.8. The Morgan fingerprint density at radius 3 is 1.03 bits per heavy atom. The Morgan fingerprint density at radius 2 is 0.636 bits per heavy atom. The lowest BCUT2D eigenvalue weighted by molar-refractivity contribution is 0.0725. The van der Waals surface area contributed by atoms with Gasteiger partial charge in [0.25, 0.3) is 0 Å². The lowest BCUT2D eigenvalue weighted by Gasteiger charge is -2.10. The van der Waals surface area contributed by atoms with E-state index < -0.39 is 11.9 Å². The molecular formula is C60H70O6. The highest BCUT2D eigenvalue weighted by Crippen LogP contribution is 2.29. The minimum absolute atomic E-state index is 0.432. The summed E-state index contributed by atoms with van der Waals surface area (Å²) in [5.74, 6) is 1.76. The second-order valence-corrected chi connectivity index (χ2v) is 17.4. The molecule has 0 atom stereocenters. The molecule has 6 heteroatoms. The molecule has 0 saturated heterocycles. The van der Waals surface area contributed by atoms with E-state index in [1.165, 1.54) is 103 Å². The van der Waals surface area contributed by atoms with Gasteiger partial charge in [-0.1, -0.05) is 189 Å². The van der Waals surface area contributed by atoms with Crippen LogP contribution in [-0.4, -0.2) is 25.2 Å². The maximum Gasteiger partial charge on any atom is 0.343 e. The lowest BCUT2D eigenvalue weighted by atomic mass is 10.0. The minimum Gasteiger partial charge on any atom is -0.494 e. The number of carbonyl (C=O) groups is 2. The van der Waals surface area contributed by atoms with Crippen LogP contribution in [0.1, 0.15) is 150 Å². The Balaban J connectivity index is 0.905. The van der Waals surface area contributed by atoms with E-state index in [1.54, 1.807) is 42.5 Å². The molecule has 0 aliphatic rings. The minimum atomic E-state index is -0.434. The number of hydrogen-bond acceptors (Lipinski definition) is 6. The molecule has 0 aliphatic heterocycles. The molecule has 346 valence electrons. The van der Waals surface area contributed by atoms with Crippen molar-refractivity contribution in [3.05, 3.63) is 157 Å². The van der Waals surface area contributed by atoms with E-state index in [1.807, 2.05) is 78.9 Å². The van der Waals surface area contributed by atoms with Gasteiger partial charge in [-0.15, -0.1) is 0 Å². The second kappa shape index (κ2) is 28.0. The van der Waals surface area contributed by atoms with E-state index in [0.717, 1.165) is 70.9 Å². The zero-order valence-electron chi connectivity index (χ0n) is 39.4. The standard InChI is InChI=1S/C60H70O6/c1-3-5-7-9-11-13-15-17-19-44-63-55-38-32-49(33-39-55)47-24-28-52(29-25-47)59(61)65-57-42-36-51(37-43-57)54-22-21-23-58(46-54)66-60(62)53-30-26-48(27-31-53)50-34-40-56(41-35-50)64-45-20-18-16-14-12-10-8-6-4-2/h21-43,46H,3-20,44-45H2,1-2H3. The fourth-order valence-electron chi connectivity index (χ4n) is 8.08. The molecule has 0 unspecified atom stereocenters. The summed E-state index contributed by atoms with van der Waals surface area (Å²) < 4.78 is 23.5. The van der Waals surface area contributed by atoms with E-state index in [4.69, 9.17) is 18.9 Å². The number of benzene rings is 6. The molecule has 0 radical (unpaired) electrons. The molecule has 0 saturated carbocycles. The van der Waals surface area contributed by atoms with Crippen LogP contribution in [0.2, 0.25) is 0 Å². The van der Waals surface area contributed by atoms with Crippen molar-refractivity contribution in [2.45, 2.75) is 129 Å². The van der Waals surface area contributed by atoms with E-state index in [9.17, 15) is 9.59 Å². The van der Waals surface area contributed by atoms with Crippen molar-refractivity contribution < 1.29 is 28.5 Å². The summed E-state index contributed by atoms with van der Waals surface area (Å²) >= 11 is 0. The Morgan fingerprint density at radius 1 is 0.318 bits per heavy atom. The molecule has 6 aromatic carbocycles. The zero-order chi connectivity index (χ0) is 46.0. The fraction of sp³-hybridized carbons (Fsp3) is 0.367. The van der Waals surface area contributed by atoms with Gasteiger partial charge >= 0.3 is 11.9 Å². The summed E-state index contributed by atoms with van der Waals surface area (Å²) in [5.41, 5.74) is 6.80. The van der Waals surface area contributed by atoms with Crippen LogP contribution in [0, 0.1) is 0 Å². The molecule has 0 amide bonds. The van der Waals surface area contributed by atoms with Crippen LogP contribution < -0.4 is 18.9 Å². The Bertz CT molecular complexity index is 2300. The normalized spacial score (nSPS) is 11.0. The van der Waals surface area contributed by atoms with Gasteiger partial charge in [0.1, 0.15) is 23.0 Å². The van der Waals surface area contributed by atoms with Crippen molar-refractivity contribution >= 4 is 11.9 Å². The third-order valence-electron chi connectivity index (χ3n) is 12.1. The average Bonchev–Trinajstić information content (AvgIpc) is 3.36. The molecule has 0 fully saturated rings. The van der Waals surface area contributed by atoms with Gasteiger partial charge < -0.3 is 18.9 Å². The van der Waals surface area contributed by atoms with Gasteiger partial charge in [-0.05, 0) is 119 Å². The third kappa shape index (κ3) is 16.7. The van der Waals surface area contributed by atoms with Crippen molar-refractivity contribution in [1.82, 2.24) is 0 Å². The van der Waals surface area contributed by atoms with Crippen LogP contribution in [0.3, 0.4) is 0 Å². The summed E-state index contributed by atoms with van der Waals surface area (Å²) in [5, 5.41) is 0. The molecule has 6 aromatic rings. The maximum atomic E-state index is 13.2. The number of unbranched alkanes of at least 4 members (excludes halogenated alkanes) is 16. The SMILES string of the molecule is CCCCCCCCCCCOc1ccc(-c2ccc(C(=O)Oc3ccc(-c4cccc(OC(=O)c5ccc(-c6ccc(OCCCCCCCCCCC)cc6)cc5)c4)cc3)cc2)cc1. The first-order valence-corrected chi connectivity index (χ1v) is 24.8. The Labute approximate surface area is 394 Å². The van der Waals surface area contributed by atoms with E-state index in [-0.39, 0.29) is 0 Å². The van der Waals surface area contributed by atoms with Crippen LogP contribution in [0.5, 0.6) is 23.0 Å². The van der Waals surface area contributed by atoms with Gasteiger partial charge in [-0.25, -0.2) is 9.59 Å². The molecular weight excluding hydrogens is 817 g/mol. The first kappa shape index (κ1) is 49.3. The molecule has 0 bridgehead atoms. The smallest absolute Gasteiger partial charge is 0.343 e. The summed E-state index contributed by atoms with van der Waals surface area (Å²) in [6.07, 6.45) is 23.3. The van der Waals surface area contributed by atoms with Crippen molar-refractivity contribution in [2.24, 2.45) is 0 Å². The number of ether oxygens (including phenoxy) is 4. The summed E-state index contributed by atoms with van der Waals surface area (Å²) in [6.45, 7) is 6.00. The molecule has 0 heterocycles. The highest BCUT2D eigenvalue weighted by molar-refractivity contribution is 5.92. The molecule has 0 spiro atoms. The highest BCUT2D eigenvalue weighted by Gasteiger charge is 2.13.